The van der Waals surface area contributed by atoms with E-state index in [1.165, 1.54) is 6.92 Å². The molecule has 25 heavy (non-hydrogen) atoms. The van der Waals surface area contributed by atoms with Gasteiger partial charge in [-0.2, -0.15) is 0 Å². The zero-order chi connectivity index (χ0) is 18.1. The van der Waals surface area contributed by atoms with Gasteiger partial charge in [-0.3, -0.25) is 4.79 Å². The van der Waals surface area contributed by atoms with E-state index < -0.39 is 5.97 Å². The van der Waals surface area contributed by atoms with Crippen molar-refractivity contribution < 1.29 is 23.8 Å². The van der Waals surface area contributed by atoms with Gasteiger partial charge in [0.25, 0.3) is 0 Å². The molecule has 0 spiro atoms. The van der Waals surface area contributed by atoms with Gasteiger partial charge in [0.15, 0.2) is 0 Å². The van der Waals surface area contributed by atoms with Crippen LogP contribution in [0.2, 0.25) is 0 Å². The molecular formula is C18H20N2O5. The van der Waals surface area contributed by atoms with Gasteiger partial charge in [0, 0.05) is 18.7 Å². The third-order valence-corrected chi connectivity index (χ3v) is 3.07. The number of urea groups is 1. The molecule has 7 nitrogen and oxygen atoms in total. The number of amides is 2. The first kappa shape index (κ1) is 18.1. The number of ether oxygens (including phenoxy) is 3. The molecule has 2 aromatic rings. The van der Waals surface area contributed by atoms with Crippen LogP contribution in [0.25, 0.3) is 0 Å². The minimum absolute atomic E-state index is 0.327. The molecule has 0 saturated heterocycles. The Bertz CT molecular complexity index is 716. The minimum Gasteiger partial charge on any atom is -0.497 e. The zero-order valence-corrected chi connectivity index (χ0v) is 14.1. The van der Waals surface area contributed by atoms with E-state index in [0.717, 1.165) is 5.75 Å². The first-order chi connectivity index (χ1) is 12.1. The topological polar surface area (TPSA) is 85.9 Å². The first-order valence-electron chi connectivity index (χ1n) is 7.67. The summed E-state index contributed by atoms with van der Waals surface area (Å²) in [5.41, 5.74) is 0.521. The second kappa shape index (κ2) is 9.17. The molecule has 7 heteroatoms. The monoisotopic (exact) mass is 344 g/mol. The van der Waals surface area contributed by atoms with Gasteiger partial charge >= 0.3 is 12.0 Å². The summed E-state index contributed by atoms with van der Waals surface area (Å²) in [6.07, 6.45) is 0. The van der Waals surface area contributed by atoms with E-state index in [-0.39, 0.29) is 6.03 Å². The van der Waals surface area contributed by atoms with Gasteiger partial charge in [0.05, 0.1) is 13.7 Å². The standard InChI is InChI=1S/C18H20N2O5/c1-13(21)25-17-5-3-4-14(12-17)20-18(22)19-10-11-24-16-8-6-15(23-2)7-9-16/h3-9,12H,10-11H2,1-2H3,(H2,19,20,22). The van der Waals surface area contributed by atoms with Gasteiger partial charge in [-0.05, 0) is 36.4 Å². The van der Waals surface area contributed by atoms with Gasteiger partial charge in [0.1, 0.15) is 23.9 Å². The Kier molecular flexibility index (Phi) is 6.65. The molecule has 0 unspecified atom stereocenters. The Labute approximate surface area is 145 Å². The second-order valence-electron chi connectivity index (χ2n) is 5.03. The van der Waals surface area contributed by atoms with Crippen LogP contribution in [-0.2, 0) is 4.79 Å². The number of esters is 1. The van der Waals surface area contributed by atoms with Crippen LogP contribution in [0.1, 0.15) is 6.92 Å². The van der Waals surface area contributed by atoms with Crippen molar-refractivity contribution in [1.29, 1.82) is 0 Å². The van der Waals surface area contributed by atoms with Crippen LogP contribution in [-0.4, -0.2) is 32.3 Å². The summed E-state index contributed by atoms with van der Waals surface area (Å²) < 4.78 is 15.5. The number of benzene rings is 2. The number of hydrogen-bond acceptors (Lipinski definition) is 5. The summed E-state index contributed by atoms with van der Waals surface area (Å²) in [5.74, 6) is 1.39. The summed E-state index contributed by atoms with van der Waals surface area (Å²) in [5, 5.41) is 5.33. The molecule has 0 bridgehead atoms. The largest absolute Gasteiger partial charge is 0.497 e. The van der Waals surface area contributed by atoms with Crippen LogP contribution < -0.4 is 24.8 Å². The van der Waals surface area contributed by atoms with Gasteiger partial charge < -0.3 is 24.8 Å². The van der Waals surface area contributed by atoms with Crippen molar-refractivity contribution in [3.05, 3.63) is 48.5 Å². The summed E-state index contributed by atoms with van der Waals surface area (Å²) in [7, 11) is 1.60. The SMILES string of the molecule is COc1ccc(OCCNC(=O)Nc2cccc(OC(C)=O)c2)cc1. The lowest BCUT2D eigenvalue weighted by Crippen LogP contribution is -2.32. The van der Waals surface area contributed by atoms with Gasteiger partial charge in [-0.25, -0.2) is 4.79 Å². The average molecular weight is 344 g/mol. The molecule has 2 rings (SSSR count). The summed E-state index contributed by atoms with van der Waals surface area (Å²) >= 11 is 0. The lowest BCUT2D eigenvalue weighted by molar-refractivity contribution is -0.131. The van der Waals surface area contributed by atoms with Crippen molar-refractivity contribution >= 4 is 17.7 Å². The van der Waals surface area contributed by atoms with Crippen LogP contribution in [0.5, 0.6) is 17.2 Å². The summed E-state index contributed by atoms with van der Waals surface area (Å²) in [6.45, 7) is 1.98. The molecule has 0 aliphatic heterocycles. The maximum atomic E-state index is 11.8. The molecule has 2 N–H and O–H groups in total. The van der Waals surface area contributed by atoms with E-state index in [9.17, 15) is 9.59 Å². The van der Waals surface area contributed by atoms with Crippen LogP contribution in [0.3, 0.4) is 0 Å². The number of rotatable bonds is 7. The molecule has 0 saturated carbocycles. The molecule has 2 amide bonds. The smallest absolute Gasteiger partial charge is 0.319 e. The van der Waals surface area contributed by atoms with E-state index in [1.807, 2.05) is 0 Å². The number of carbonyl (C=O) groups is 2. The molecule has 0 aromatic heterocycles. The van der Waals surface area contributed by atoms with Gasteiger partial charge in [-0.1, -0.05) is 6.07 Å². The van der Waals surface area contributed by atoms with Crippen LogP contribution in [0.4, 0.5) is 10.5 Å². The highest BCUT2D eigenvalue weighted by Crippen LogP contribution is 2.18. The highest BCUT2D eigenvalue weighted by atomic mass is 16.5. The molecule has 2 aromatic carbocycles. The van der Waals surface area contributed by atoms with E-state index in [1.54, 1.807) is 55.6 Å². The van der Waals surface area contributed by atoms with Crippen molar-refractivity contribution in [3.63, 3.8) is 0 Å². The molecule has 0 heterocycles. The number of nitrogens with one attached hydrogen (secondary N) is 2. The third-order valence-electron chi connectivity index (χ3n) is 3.07. The van der Waals surface area contributed by atoms with E-state index in [4.69, 9.17) is 14.2 Å². The fraction of sp³-hybridized carbons (Fsp3) is 0.222. The molecular weight excluding hydrogens is 324 g/mol. The average Bonchev–Trinajstić information content (AvgIpc) is 2.59. The third kappa shape index (κ3) is 6.42. The highest BCUT2D eigenvalue weighted by Gasteiger charge is 2.04. The van der Waals surface area contributed by atoms with E-state index in [2.05, 4.69) is 10.6 Å². The fourth-order valence-electron chi connectivity index (χ4n) is 1.98. The first-order valence-corrected chi connectivity index (χ1v) is 7.67. The van der Waals surface area contributed by atoms with E-state index >= 15 is 0 Å². The van der Waals surface area contributed by atoms with Crippen molar-refractivity contribution in [3.8, 4) is 17.2 Å². The summed E-state index contributed by atoms with van der Waals surface area (Å²) in [6, 6.07) is 13.4. The lowest BCUT2D eigenvalue weighted by atomic mass is 10.3. The normalized spacial score (nSPS) is 9.84. The summed E-state index contributed by atoms with van der Waals surface area (Å²) in [4.78, 5) is 22.8. The molecule has 0 aliphatic carbocycles. The number of carbonyl (C=O) groups excluding carboxylic acids is 2. The van der Waals surface area contributed by atoms with Gasteiger partial charge in [0.2, 0.25) is 0 Å². The predicted octanol–water partition coefficient (Wildman–Crippen LogP) is 2.82. The Morgan fingerprint density at radius 3 is 2.40 bits per heavy atom. The van der Waals surface area contributed by atoms with Crippen molar-refractivity contribution in [2.24, 2.45) is 0 Å². The van der Waals surface area contributed by atoms with Gasteiger partial charge in [-0.15, -0.1) is 0 Å². The molecule has 0 aliphatic rings. The van der Waals surface area contributed by atoms with Crippen molar-refractivity contribution in [2.75, 3.05) is 25.6 Å². The number of methoxy groups -OCH3 is 1. The zero-order valence-electron chi connectivity index (χ0n) is 14.1. The maximum Gasteiger partial charge on any atom is 0.319 e. The van der Waals surface area contributed by atoms with Crippen LogP contribution >= 0.6 is 0 Å². The number of anilines is 1. The minimum atomic E-state index is -0.419. The fourth-order valence-corrected chi connectivity index (χ4v) is 1.98. The molecule has 0 radical (unpaired) electrons. The van der Waals surface area contributed by atoms with Crippen molar-refractivity contribution in [2.45, 2.75) is 6.92 Å². The van der Waals surface area contributed by atoms with Crippen LogP contribution in [0, 0.1) is 0 Å². The Morgan fingerprint density at radius 1 is 1.00 bits per heavy atom. The Hall–Kier alpha value is -3.22. The van der Waals surface area contributed by atoms with Crippen molar-refractivity contribution in [1.82, 2.24) is 5.32 Å². The quantitative estimate of drug-likeness (QED) is 0.458. The second-order valence-corrected chi connectivity index (χ2v) is 5.03. The van der Waals surface area contributed by atoms with Crippen LogP contribution in [0.15, 0.2) is 48.5 Å². The highest BCUT2D eigenvalue weighted by molar-refractivity contribution is 5.89. The molecule has 0 atom stereocenters. The predicted molar refractivity (Wildman–Crippen MR) is 93.3 cm³/mol. The Balaban J connectivity index is 1.72. The maximum absolute atomic E-state index is 11.8. The number of hydrogen-bond donors (Lipinski definition) is 2. The lowest BCUT2D eigenvalue weighted by Gasteiger charge is -2.10. The molecule has 132 valence electrons. The Morgan fingerprint density at radius 2 is 1.72 bits per heavy atom. The molecule has 0 fully saturated rings. The van der Waals surface area contributed by atoms with E-state index in [0.29, 0.717) is 30.3 Å².